The lowest BCUT2D eigenvalue weighted by atomic mass is 9.84. The Kier molecular flexibility index (Phi) is 8.73. The molecule has 0 spiro atoms. The molecule has 4 rings (SSSR count). The summed E-state index contributed by atoms with van der Waals surface area (Å²) in [5.41, 5.74) is 3.76. The predicted molar refractivity (Wildman–Crippen MR) is 144 cm³/mol. The van der Waals surface area contributed by atoms with Gasteiger partial charge in [-0.3, -0.25) is 4.90 Å². The molecule has 0 bridgehead atoms. The summed E-state index contributed by atoms with van der Waals surface area (Å²) in [6.07, 6.45) is 0.848. The highest BCUT2D eigenvalue weighted by molar-refractivity contribution is 5.46. The molecule has 192 valence electrons. The summed E-state index contributed by atoms with van der Waals surface area (Å²) < 4.78 is 22.2. The molecule has 3 aromatic rings. The molecule has 3 unspecified atom stereocenters. The van der Waals surface area contributed by atoms with E-state index < -0.39 is 0 Å². The van der Waals surface area contributed by atoms with Gasteiger partial charge in [-0.2, -0.15) is 0 Å². The quantitative estimate of drug-likeness (QED) is 0.428. The van der Waals surface area contributed by atoms with Crippen LogP contribution in [0.1, 0.15) is 35.6 Å². The van der Waals surface area contributed by atoms with Gasteiger partial charge in [0.25, 0.3) is 0 Å². The molecule has 0 saturated carbocycles. The zero-order valence-corrected chi connectivity index (χ0v) is 22.0. The van der Waals surface area contributed by atoms with Gasteiger partial charge in [0.1, 0.15) is 0 Å². The number of nitrogens with zero attached hydrogens (tertiary/aromatic N) is 1. The minimum absolute atomic E-state index is 0.216. The van der Waals surface area contributed by atoms with E-state index >= 15 is 0 Å². The Balaban J connectivity index is 1.66. The standard InChI is InChI=1S/C30H38N2O4/c1-21(23-9-7-6-8-10-23)32-16-15-31-26(20-32)25(24-12-14-28(34-3)30(19-24)36-5)17-22-11-13-27(33-2)29(18-22)35-4/h6-14,18-19,21,25-26,31H,15-17,20H2,1-5H3. The Morgan fingerprint density at radius 2 is 1.42 bits per heavy atom. The highest BCUT2D eigenvalue weighted by atomic mass is 16.5. The van der Waals surface area contributed by atoms with E-state index in [1.807, 2.05) is 12.1 Å². The summed E-state index contributed by atoms with van der Waals surface area (Å²) >= 11 is 0. The van der Waals surface area contributed by atoms with Gasteiger partial charge >= 0.3 is 0 Å². The van der Waals surface area contributed by atoms with Crippen LogP contribution in [-0.2, 0) is 6.42 Å². The number of benzene rings is 3. The molecule has 1 aliphatic rings. The molecule has 1 saturated heterocycles. The van der Waals surface area contributed by atoms with Crippen molar-refractivity contribution in [3.63, 3.8) is 0 Å². The number of hydrogen-bond donors (Lipinski definition) is 1. The Morgan fingerprint density at radius 1 is 0.778 bits per heavy atom. The van der Waals surface area contributed by atoms with Gasteiger partial charge in [-0.1, -0.05) is 42.5 Å². The van der Waals surface area contributed by atoms with E-state index in [0.717, 1.165) is 49.1 Å². The molecule has 3 atom stereocenters. The summed E-state index contributed by atoms with van der Waals surface area (Å²) in [4.78, 5) is 2.58. The maximum absolute atomic E-state index is 5.66. The fourth-order valence-corrected chi connectivity index (χ4v) is 5.20. The van der Waals surface area contributed by atoms with E-state index in [-0.39, 0.29) is 12.0 Å². The van der Waals surface area contributed by atoms with Crippen molar-refractivity contribution in [2.75, 3.05) is 48.1 Å². The second-order valence-corrected chi connectivity index (χ2v) is 9.26. The predicted octanol–water partition coefficient (Wildman–Crippen LogP) is 5.08. The normalized spacial score (nSPS) is 17.8. The maximum atomic E-state index is 5.66. The van der Waals surface area contributed by atoms with Gasteiger partial charge in [-0.15, -0.1) is 0 Å². The van der Waals surface area contributed by atoms with Crippen molar-refractivity contribution in [3.8, 4) is 23.0 Å². The molecule has 0 amide bonds. The van der Waals surface area contributed by atoms with Gasteiger partial charge < -0.3 is 24.3 Å². The lowest BCUT2D eigenvalue weighted by molar-refractivity contribution is 0.141. The van der Waals surface area contributed by atoms with Gasteiger partial charge in [0.15, 0.2) is 23.0 Å². The number of ether oxygens (including phenoxy) is 4. The van der Waals surface area contributed by atoms with E-state index in [4.69, 9.17) is 18.9 Å². The summed E-state index contributed by atoms with van der Waals surface area (Å²) in [7, 11) is 6.70. The largest absolute Gasteiger partial charge is 0.493 e. The third kappa shape index (κ3) is 5.77. The van der Waals surface area contributed by atoms with Crippen molar-refractivity contribution in [2.45, 2.75) is 31.3 Å². The van der Waals surface area contributed by atoms with Gasteiger partial charge in [-0.25, -0.2) is 0 Å². The van der Waals surface area contributed by atoms with E-state index in [1.54, 1.807) is 28.4 Å². The smallest absolute Gasteiger partial charge is 0.160 e. The first-order valence-corrected chi connectivity index (χ1v) is 12.5. The molecular formula is C30H38N2O4. The average Bonchev–Trinajstić information content (AvgIpc) is 2.95. The average molecular weight is 491 g/mol. The third-order valence-electron chi connectivity index (χ3n) is 7.29. The zero-order chi connectivity index (χ0) is 25.5. The Bertz CT molecular complexity index is 1120. The topological polar surface area (TPSA) is 52.2 Å². The zero-order valence-electron chi connectivity index (χ0n) is 22.0. The van der Waals surface area contributed by atoms with E-state index in [2.05, 4.69) is 71.7 Å². The fraction of sp³-hybridized carbons (Fsp3) is 0.400. The first-order valence-electron chi connectivity index (χ1n) is 12.5. The van der Waals surface area contributed by atoms with E-state index in [0.29, 0.717) is 6.04 Å². The van der Waals surface area contributed by atoms with Crippen LogP contribution in [0.3, 0.4) is 0 Å². The lowest BCUT2D eigenvalue weighted by Crippen LogP contribution is -2.53. The van der Waals surface area contributed by atoms with E-state index in [9.17, 15) is 0 Å². The molecule has 0 radical (unpaired) electrons. The van der Waals surface area contributed by atoms with Crippen LogP contribution >= 0.6 is 0 Å². The molecule has 1 N–H and O–H groups in total. The van der Waals surface area contributed by atoms with E-state index in [1.165, 1.54) is 16.7 Å². The highest BCUT2D eigenvalue weighted by Gasteiger charge is 2.31. The lowest BCUT2D eigenvalue weighted by Gasteiger charge is -2.41. The molecular weight excluding hydrogens is 452 g/mol. The molecule has 0 aliphatic carbocycles. The highest BCUT2D eigenvalue weighted by Crippen LogP contribution is 2.36. The summed E-state index contributed by atoms with van der Waals surface area (Å²) in [6.45, 7) is 5.21. The van der Waals surface area contributed by atoms with Crippen LogP contribution in [0.15, 0.2) is 66.7 Å². The first-order chi connectivity index (χ1) is 17.6. The second-order valence-electron chi connectivity index (χ2n) is 9.26. The van der Waals surface area contributed by atoms with Crippen LogP contribution in [0.25, 0.3) is 0 Å². The van der Waals surface area contributed by atoms with Crippen molar-refractivity contribution in [3.05, 3.63) is 83.4 Å². The number of piperazine rings is 1. The molecule has 36 heavy (non-hydrogen) atoms. The SMILES string of the molecule is COc1ccc(CC(c2ccc(OC)c(OC)c2)C2CN(C(C)c3ccccc3)CCN2)cc1OC. The molecule has 6 nitrogen and oxygen atoms in total. The molecule has 1 aliphatic heterocycles. The van der Waals surface area contributed by atoms with Crippen LogP contribution < -0.4 is 24.3 Å². The molecule has 1 fully saturated rings. The van der Waals surface area contributed by atoms with Crippen molar-refractivity contribution >= 4 is 0 Å². The fourth-order valence-electron chi connectivity index (χ4n) is 5.20. The van der Waals surface area contributed by atoms with Gasteiger partial charge in [0.2, 0.25) is 0 Å². The maximum Gasteiger partial charge on any atom is 0.160 e. The number of rotatable bonds is 10. The van der Waals surface area contributed by atoms with Crippen LogP contribution in [0.4, 0.5) is 0 Å². The van der Waals surface area contributed by atoms with Crippen LogP contribution in [-0.4, -0.2) is 59.0 Å². The molecule has 0 aromatic heterocycles. The number of methoxy groups -OCH3 is 4. The second kappa shape index (κ2) is 12.2. The van der Waals surface area contributed by atoms with Crippen LogP contribution in [0.2, 0.25) is 0 Å². The van der Waals surface area contributed by atoms with Crippen molar-refractivity contribution in [1.29, 1.82) is 0 Å². The monoisotopic (exact) mass is 490 g/mol. The van der Waals surface area contributed by atoms with Crippen LogP contribution in [0, 0.1) is 0 Å². The Morgan fingerprint density at radius 3 is 2.08 bits per heavy atom. The third-order valence-corrected chi connectivity index (χ3v) is 7.29. The summed E-state index contributed by atoms with van der Waals surface area (Å²) in [5.74, 6) is 3.19. The van der Waals surface area contributed by atoms with Gasteiger partial charge in [0, 0.05) is 37.6 Å². The number of nitrogens with one attached hydrogen (secondary N) is 1. The van der Waals surface area contributed by atoms with Crippen molar-refractivity contribution in [1.82, 2.24) is 10.2 Å². The van der Waals surface area contributed by atoms with Crippen molar-refractivity contribution in [2.24, 2.45) is 0 Å². The van der Waals surface area contributed by atoms with Crippen molar-refractivity contribution < 1.29 is 18.9 Å². The summed E-state index contributed by atoms with van der Waals surface area (Å²) in [6, 6.07) is 23.8. The van der Waals surface area contributed by atoms with Gasteiger partial charge in [0.05, 0.1) is 28.4 Å². The minimum Gasteiger partial charge on any atom is -0.493 e. The number of hydrogen-bond acceptors (Lipinski definition) is 6. The molecule has 6 heteroatoms. The van der Waals surface area contributed by atoms with Gasteiger partial charge in [-0.05, 0) is 54.3 Å². The summed E-state index contributed by atoms with van der Waals surface area (Å²) in [5, 5.41) is 3.82. The first kappa shape index (κ1) is 25.9. The Hall–Kier alpha value is -3.22. The van der Waals surface area contributed by atoms with Crippen LogP contribution in [0.5, 0.6) is 23.0 Å². The molecule has 3 aromatic carbocycles. The minimum atomic E-state index is 0.216. The molecule has 1 heterocycles. The Labute approximate surface area is 215 Å².